The lowest BCUT2D eigenvalue weighted by Crippen LogP contribution is -2.02. The Morgan fingerprint density at radius 1 is 1.29 bits per heavy atom. The smallest absolute Gasteiger partial charge is 0.248 e. The van der Waals surface area contributed by atoms with Crippen molar-refractivity contribution in [1.82, 2.24) is 4.98 Å². The van der Waals surface area contributed by atoms with Crippen LogP contribution in [0.5, 0.6) is 5.75 Å². The monoisotopic (exact) mass is 189 g/mol. The van der Waals surface area contributed by atoms with Gasteiger partial charge in [0.15, 0.2) is 0 Å². The highest BCUT2D eigenvalue weighted by atomic mass is 16.5. The Kier molecular flexibility index (Phi) is 2.23. The highest BCUT2D eigenvalue weighted by molar-refractivity contribution is 5.79. The number of hydrogen-bond donors (Lipinski definition) is 1. The molecule has 0 unspecified atom stereocenters. The molecule has 0 fully saturated rings. The third kappa shape index (κ3) is 1.62. The topological polar surface area (TPSA) is 42.1 Å². The highest BCUT2D eigenvalue weighted by Crippen LogP contribution is 2.17. The fourth-order valence-electron chi connectivity index (χ4n) is 1.39. The number of aromatic amines is 1. The Labute approximate surface area is 81.3 Å². The van der Waals surface area contributed by atoms with Crippen LogP contribution < -0.4 is 10.3 Å². The van der Waals surface area contributed by atoms with E-state index in [9.17, 15) is 4.79 Å². The third-order valence-electron chi connectivity index (χ3n) is 2.01. The van der Waals surface area contributed by atoms with Crippen molar-refractivity contribution in [2.75, 3.05) is 6.61 Å². The Hall–Kier alpha value is -1.77. The average Bonchev–Trinajstić information content (AvgIpc) is 2.17. The van der Waals surface area contributed by atoms with Crippen molar-refractivity contribution in [2.24, 2.45) is 0 Å². The van der Waals surface area contributed by atoms with E-state index < -0.39 is 0 Å². The van der Waals surface area contributed by atoms with Crippen molar-refractivity contribution in [3.63, 3.8) is 0 Å². The van der Waals surface area contributed by atoms with Crippen molar-refractivity contribution in [1.29, 1.82) is 0 Å². The molecular formula is C11H11NO2. The molecule has 0 aliphatic heterocycles. The zero-order valence-electron chi connectivity index (χ0n) is 7.91. The predicted octanol–water partition coefficient (Wildman–Crippen LogP) is 1.93. The summed E-state index contributed by atoms with van der Waals surface area (Å²) in [5.41, 5.74) is 0.717. The van der Waals surface area contributed by atoms with E-state index in [1.165, 1.54) is 6.07 Å². The van der Waals surface area contributed by atoms with E-state index in [2.05, 4.69) is 4.98 Å². The summed E-state index contributed by atoms with van der Waals surface area (Å²) in [7, 11) is 0. The molecule has 3 nitrogen and oxygen atoms in total. The summed E-state index contributed by atoms with van der Waals surface area (Å²) in [5, 5.41) is 1.01. The summed E-state index contributed by atoms with van der Waals surface area (Å²) < 4.78 is 5.33. The molecule has 0 atom stereocenters. The van der Waals surface area contributed by atoms with Gasteiger partial charge in [-0.15, -0.1) is 0 Å². The molecule has 0 aliphatic rings. The maximum absolute atomic E-state index is 11.1. The summed E-state index contributed by atoms with van der Waals surface area (Å²) in [6.07, 6.45) is 0. The van der Waals surface area contributed by atoms with Crippen LogP contribution >= 0.6 is 0 Å². The summed E-state index contributed by atoms with van der Waals surface area (Å²) in [4.78, 5) is 13.8. The number of aromatic nitrogens is 1. The number of nitrogens with one attached hydrogen (secondary N) is 1. The predicted molar refractivity (Wildman–Crippen MR) is 55.7 cm³/mol. The van der Waals surface area contributed by atoms with Crippen molar-refractivity contribution in [2.45, 2.75) is 6.92 Å². The van der Waals surface area contributed by atoms with E-state index in [4.69, 9.17) is 4.74 Å². The van der Waals surface area contributed by atoms with Gasteiger partial charge in [-0.05, 0) is 30.5 Å². The highest BCUT2D eigenvalue weighted by Gasteiger charge is 1.96. The molecule has 0 saturated carbocycles. The number of hydrogen-bond acceptors (Lipinski definition) is 2. The van der Waals surface area contributed by atoms with Crippen LogP contribution in [0.2, 0.25) is 0 Å². The van der Waals surface area contributed by atoms with Gasteiger partial charge < -0.3 is 9.72 Å². The molecule has 0 saturated heterocycles. The molecule has 0 radical (unpaired) electrons. The minimum absolute atomic E-state index is 0.0915. The van der Waals surface area contributed by atoms with E-state index in [0.29, 0.717) is 6.61 Å². The number of benzene rings is 1. The first-order valence-electron chi connectivity index (χ1n) is 4.55. The van der Waals surface area contributed by atoms with Gasteiger partial charge in [0, 0.05) is 12.1 Å². The van der Waals surface area contributed by atoms with Crippen LogP contribution in [0.3, 0.4) is 0 Å². The molecule has 2 rings (SSSR count). The van der Waals surface area contributed by atoms with E-state index in [0.717, 1.165) is 16.7 Å². The SMILES string of the molecule is CCOc1ccc2ccc(=O)[nH]c2c1. The van der Waals surface area contributed by atoms with Gasteiger partial charge in [-0.2, -0.15) is 0 Å². The Bertz CT molecular complexity index is 502. The molecule has 0 bridgehead atoms. The Morgan fingerprint density at radius 2 is 2.07 bits per heavy atom. The standard InChI is InChI=1S/C11H11NO2/c1-2-14-9-5-3-8-4-6-11(13)12-10(8)7-9/h3-7H,2H2,1H3,(H,12,13). The summed E-state index contributed by atoms with van der Waals surface area (Å²) in [6.45, 7) is 2.56. The van der Waals surface area contributed by atoms with Crippen LogP contribution in [0.15, 0.2) is 35.1 Å². The van der Waals surface area contributed by atoms with Crippen LogP contribution in [0, 0.1) is 0 Å². The van der Waals surface area contributed by atoms with Crippen molar-refractivity contribution < 1.29 is 4.74 Å². The first-order chi connectivity index (χ1) is 6.79. The summed E-state index contributed by atoms with van der Waals surface area (Å²) in [6, 6.07) is 8.97. The van der Waals surface area contributed by atoms with Crippen LogP contribution in [-0.2, 0) is 0 Å². The largest absolute Gasteiger partial charge is 0.494 e. The van der Waals surface area contributed by atoms with Crippen LogP contribution in [0.1, 0.15) is 6.92 Å². The van der Waals surface area contributed by atoms with Gasteiger partial charge in [0.05, 0.1) is 12.1 Å². The third-order valence-corrected chi connectivity index (χ3v) is 2.01. The second-order valence-corrected chi connectivity index (χ2v) is 3.00. The first kappa shape index (κ1) is 8.81. The lowest BCUT2D eigenvalue weighted by atomic mass is 10.2. The second-order valence-electron chi connectivity index (χ2n) is 3.00. The quantitative estimate of drug-likeness (QED) is 0.784. The molecule has 72 valence electrons. The normalized spacial score (nSPS) is 10.4. The second kappa shape index (κ2) is 3.54. The van der Waals surface area contributed by atoms with Crippen LogP contribution in [-0.4, -0.2) is 11.6 Å². The van der Waals surface area contributed by atoms with E-state index in [1.54, 1.807) is 6.07 Å². The van der Waals surface area contributed by atoms with Crippen molar-refractivity contribution in [3.8, 4) is 5.75 Å². The lowest BCUT2D eigenvalue weighted by molar-refractivity contribution is 0.340. The molecule has 1 aromatic carbocycles. The Balaban J connectivity index is 2.58. The molecule has 14 heavy (non-hydrogen) atoms. The maximum Gasteiger partial charge on any atom is 0.248 e. The molecule has 3 heteroatoms. The molecule has 2 aromatic rings. The lowest BCUT2D eigenvalue weighted by Gasteiger charge is -2.03. The molecular weight excluding hydrogens is 178 g/mol. The summed E-state index contributed by atoms with van der Waals surface area (Å²) >= 11 is 0. The molecule has 0 spiro atoms. The van der Waals surface area contributed by atoms with Crippen molar-refractivity contribution >= 4 is 10.9 Å². The zero-order chi connectivity index (χ0) is 9.97. The van der Waals surface area contributed by atoms with Gasteiger partial charge >= 0.3 is 0 Å². The fraction of sp³-hybridized carbons (Fsp3) is 0.182. The molecule has 0 aliphatic carbocycles. The van der Waals surface area contributed by atoms with E-state index >= 15 is 0 Å². The zero-order valence-corrected chi connectivity index (χ0v) is 7.91. The minimum Gasteiger partial charge on any atom is -0.494 e. The van der Waals surface area contributed by atoms with Gasteiger partial charge in [0.25, 0.3) is 0 Å². The number of rotatable bonds is 2. The van der Waals surface area contributed by atoms with E-state index in [1.807, 2.05) is 25.1 Å². The first-order valence-corrected chi connectivity index (χ1v) is 4.55. The number of ether oxygens (including phenoxy) is 1. The van der Waals surface area contributed by atoms with Crippen LogP contribution in [0.25, 0.3) is 10.9 Å². The van der Waals surface area contributed by atoms with Gasteiger partial charge in [-0.25, -0.2) is 0 Å². The number of H-pyrrole nitrogens is 1. The Morgan fingerprint density at radius 3 is 2.86 bits per heavy atom. The average molecular weight is 189 g/mol. The maximum atomic E-state index is 11.1. The van der Waals surface area contributed by atoms with Gasteiger partial charge in [0.1, 0.15) is 5.75 Å². The number of pyridine rings is 1. The van der Waals surface area contributed by atoms with E-state index in [-0.39, 0.29) is 5.56 Å². The number of fused-ring (bicyclic) bond motifs is 1. The summed E-state index contributed by atoms with van der Waals surface area (Å²) in [5.74, 6) is 0.779. The fourth-order valence-corrected chi connectivity index (χ4v) is 1.39. The molecule has 1 N–H and O–H groups in total. The molecule has 1 aromatic heterocycles. The molecule has 1 heterocycles. The van der Waals surface area contributed by atoms with Crippen molar-refractivity contribution in [3.05, 3.63) is 40.7 Å². The molecule has 0 amide bonds. The van der Waals surface area contributed by atoms with Crippen LogP contribution in [0.4, 0.5) is 0 Å². The van der Waals surface area contributed by atoms with Gasteiger partial charge in [-0.3, -0.25) is 4.79 Å². The van der Waals surface area contributed by atoms with Gasteiger partial charge in [-0.1, -0.05) is 0 Å². The van der Waals surface area contributed by atoms with Gasteiger partial charge in [0.2, 0.25) is 5.56 Å². The minimum atomic E-state index is -0.0915.